The molecule has 1 unspecified atom stereocenters. The number of nitrogens with one attached hydrogen (secondary N) is 1. The second-order valence-electron chi connectivity index (χ2n) is 6.71. The number of carbonyl (C=O) groups is 1. The number of nitrogens with two attached hydrogens (primary N) is 1. The Morgan fingerprint density at radius 1 is 1.33 bits per heavy atom. The molecule has 0 bridgehead atoms. The summed E-state index contributed by atoms with van der Waals surface area (Å²) < 4.78 is 0.921. The standard InChI is InChI=1S/C17H27BrN2O/c1-12-5-7-15(14(18)11-12)20-16(21)8-6-13(9-10-19)17(2,3)4/h5,7,11,13H,6,8-10,19H2,1-4H3,(H,20,21). The zero-order chi connectivity index (χ0) is 16.0. The van der Waals surface area contributed by atoms with Crippen molar-refractivity contribution in [2.24, 2.45) is 17.1 Å². The Kier molecular flexibility index (Phi) is 6.88. The first-order chi connectivity index (χ1) is 9.74. The van der Waals surface area contributed by atoms with Crippen molar-refractivity contribution in [3.63, 3.8) is 0 Å². The molecule has 118 valence electrons. The second-order valence-corrected chi connectivity index (χ2v) is 7.56. The third kappa shape index (κ3) is 6.18. The van der Waals surface area contributed by atoms with E-state index in [1.807, 2.05) is 25.1 Å². The average Bonchev–Trinajstić information content (AvgIpc) is 2.36. The average molecular weight is 355 g/mol. The van der Waals surface area contributed by atoms with E-state index < -0.39 is 0 Å². The van der Waals surface area contributed by atoms with Crippen LogP contribution in [0.5, 0.6) is 0 Å². The fourth-order valence-electron chi connectivity index (χ4n) is 2.45. The van der Waals surface area contributed by atoms with Crippen LogP contribution in [0.15, 0.2) is 22.7 Å². The number of aryl methyl sites for hydroxylation is 1. The number of benzene rings is 1. The first kappa shape index (κ1) is 18.2. The Bertz CT molecular complexity index is 480. The maximum atomic E-state index is 12.1. The van der Waals surface area contributed by atoms with Crippen LogP contribution in [0.25, 0.3) is 0 Å². The highest BCUT2D eigenvalue weighted by molar-refractivity contribution is 9.10. The van der Waals surface area contributed by atoms with Gasteiger partial charge >= 0.3 is 0 Å². The summed E-state index contributed by atoms with van der Waals surface area (Å²) >= 11 is 3.48. The summed E-state index contributed by atoms with van der Waals surface area (Å²) in [6, 6.07) is 5.92. The molecule has 0 aliphatic carbocycles. The monoisotopic (exact) mass is 354 g/mol. The molecule has 0 aliphatic rings. The predicted octanol–water partition coefficient (Wildman–Crippen LogP) is 4.49. The van der Waals surface area contributed by atoms with Gasteiger partial charge < -0.3 is 11.1 Å². The fourth-order valence-corrected chi connectivity index (χ4v) is 3.04. The smallest absolute Gasteiger partial charge is 0.224 e. The molecule has 0 saturated heterocycles. The Labute approximate surface area is 136 Å². The lowest BCUT2D eigenvalue weighted by molar-refractivity contribution is -0.116. The molecule has 0 radical (unpaired) electrons. The molecule has 1 aromatic carbocycles. The molecule has 3 N–H and O–H groups in total. The van der Waals surface area contributed by atoms with Crippen LogP contribution in [0.2, 0.25) is 0 Å². The summed E-state index contributed by atoms with van der Waals surface area (Å²) in [5.74, 6) is 0.528. The molecule has 0 aliphatic heterocycles. The minimum Gasteiger partial charge on any atom is -0.330 e. The number of carbonyl (C=O) groups excluding carboxylic acids is 1. The number of rotatable bonds is 6. The summed E-state index contributed by atoms with van der Waals surface area (Å²) in [5, 5.41) is 2.97. The summed E-state index contributed by atoms with van der Waals surface area (Å²) in [4.78, 5) is 12.1. The van der Waals surface area contributed by atoms with Crippen LogP contribution in [0, 0.1) is 18.3 Å². The maximum absolute atomic E-state index is 12.1. The lowest BCUT2D eigenvalue weighted by Gasteiger charge is -2.30. The van der Waals surface area contributed by atoms with E-state index in [1.165, 1.54) is 0 Å². The van der Waals surface area contributed by atoms with Gasteiger partial charge in [0.2, 0.25) is 5.91 Å². The van der Waals surface area contributed by atoms with Gasteiger partial charge in [-0.1, -0.05) is 26.8 Å². The van der Waals surface area contributed by atoms with E-state index in [9.17, 15) is 4.79 Å². The quantitative estimate of drug-likeness (QED) is 0.790. The van der Waals surface area contributed by atoms with E-state index in [4.69, 9.17) is 5.73 Å². The van der Waals surface area contributed by atoms with Gasteiger partial charge in [0.05, 0.1) is 5.69 Å². The molecule has 0 spiro atoms. The highest BCUT2D eigenvalue weighted by atomic mass is 79.9. The van der Waals surface area contributed by atoms with Crippen LogP contribution in [-0.4, -0.2) is 12.5 Å². The van der Waals surface area contributed by atoms with Crippen LogP contribution in [0.3, 0.4) is 0 Å². The fraction of sp³-hybridized carbons (Fsp3) is 0.588. The van der Waals surface area contributed by atoms with Gasteiger partial charge in [0.25, 0.3) is 0 Å². The molecule has 21 heavy (non-hydrogen) atoms. The summed E-state index contributed by atoms with van der Waals surface area (Å²) in [7, 11) is 0. The molecule has 1 atom stereocenters. The highest BCUT2D eigenvalue weighted by Gasteiger charge is 2.24. The van der Waals surface area contributed by atoms with Crippen molar-refractivity contribution in [1.29, 1.82) is 0 Å². The van der Waals surface area contributed by atoms with Crippen molar-refractivity contribution >= 4 is 27.5 Å². The summed E-state index contributed by atoms with van der Waals surface area (Å²) in [5.41, 5.74) is 7.86. The number of halogens is 1. The van der Waals surface area contributed by atoms with Gasteiger partial charge in [0.15, 0.2) is 0 Å². The molecule has 3 nitrogen and oxygen atoms in total. The van der Waals surface area contributed by atoms with Crippen molar-refractivity contribution in [1.82, 2.24) is 0 Å². The van der Waals surface area contributed by atoms with Gasteiger partial charge in [0.1, 0.15) is 0 Å². The van der Waals surface area contributed by atoms with Crippen LogP contribution in [-0.2, 0) is 4.79 Å². The Hall–Kier alpha value is -0.870. The van der Waals surface area contributed by atoms with E-state index in [2.05, 4.69) is 42.0 Å². The minimum atomic E-state index is 0.0609. The van der Waals surface area contributed by atoms with Crippen LogP contribution >= 0.6 is 15.9 Å². The summed E-state index contributed by atoms with van der Waals surface area (Å²) in [6.07, 6.45) is 2.36. The zero-order valence-corrected chi connectivity index (χ0v) is 15.1. The second kappa shape index (κ2) is 7.95. The number of hydrogen-bond donors (Lipinski definition) is 2. The predicted molar refractivity (Wildman–Crippen MR) is 93.4 cm³/mol. The topological polar surface area (TPSA) is 55.1 Å². The van der Waals surface area contributed by atoms with Crippen molar-refractivity contribution in [2.75, 3.05) is 11.9 Å². The van der Waals surface area contributed by atoms with E-state index in [1.54, 1.807) is 0 Å². The molecule has 0 aromatic heterocycles. The molecular formula is C17H27BrN2O. The van der Waals surface area contributed by atoms with Gasteiger partial charge in [-0.15, -0.1) is 0 Å². The highest BCUT2D eigenvalue weighted by Crippen LogP contribution is 2.32. The first-order valence-electron chi connectivity index (χ1n) is 7.50. The molecule has 1 rings (SSSR count). The van der Waals surface area contributed by atoms with Crippen molar-refractivity contribution in [3.8, 4) is 0 Å². The lowest BCUT2D eigenvalue weighted by atomic mass is 9.76. The third-order valence-electron chi connectivity index (χ3n) is 3.86. The van der Waals surface area contributed by atoms with Gasteiger partial charge in [0, 0.05) is 10.9 Å². The summed E-state index contributed by atoms with van der Waals surface area (Å²) in [6.45, 7) is 9.33. The van der Waals surface area contributed by atoms with Crippen LogP contribution in [0.1, 0.15) is 45.6 Å². The van der Waals surface area contributed by atoms with Crippen LogP contribution < -0.4 is 11.1 Å². The van der Waals surface area contributed by atoms with Gasteiger partial charge in [-0.3, -0.25) is 4.79 Å². The minimum absolute atomic E-state index is 0.0609. The van der Waals surface area contributed by atoms with E-state index >= 15 is 0 Å². The number of amides is 1. The van der Waals surface area contributed by atoms with E-state index in [0.29, 0.717) is 18.9 Å². The van der Waals surface area contributed by atoms with E-state index in [0.717, 1.165) is 28.6 Å². The molecule has 1 aromatic rings. The molecule has 0 heterocycles. The third-order valence-corrected chi connectivity index (χ3v) is 4.51. The molecule has 0 fully saturated rings. The molecule has 4 heteroatoms. The van der Waals surface area contributed by atoms with Gasteiger partial charge in [-0.05, 0) is 71.3 Å². The van der Waals surface area contributed by atoms with Crippen molar-refractivity contribution < 1.29 is 4.79 Å². The SMILES string of the molecule is Cc1ccc(NC(=O)CCC(CCN)C(C)(C)C)c(Br)c1. The molecule has 0 saturated carbocycles. The molecular weight excluding hydrogens is 328 g/mol. The zero-order valence-electron chi connectivity index (χ0n) is 13.5. The van der Waals surface area contributed by atoms with Crippen molar-refractivity contribution in [3.05, 3.63) is 28.2 Å². The van der Waals surface area contributed by atoms with Crippen molar-refractivity contribution in [2.45, 2.75) is 47.0 Å². The Morgan fingerprint density at radius 3 is 2.52 bits per heavy atom. The van der Waals surface area contributed by atoms with E-state index in [-0.39, 0.29) is 11.3 Å². The van der Waals surface area contributed by atoms with Crippen LogP contribution in [0.4, 0.5) is 5.69 Å². The Morgan fingerprint density at radius 2 is 2.00 bits per heavy atom. The molecule has 1 amide bonds. The lowest BCUT2D eigenvalue weighted by Crippen LogP contribution is -2.25. The first-order valence-corrected chi connectivity index (χ1v) is 8.29. The normalized spacial score (nSPS) is 13.0. The number of hydrogen-bond acceptors (Lipinski definition) is 2. The van der Waals surface area contributed by atoms with Gasteiger partial charge in [-0.25, -0.2) is 0 Å². The maximum Gasteiger partial charge on any atom is 0.224 e. The Balaban J connectivity index is 2.57. The largest absolute Gasteiger partial charge is 0.330 e. The van der Waals surface area contributed by atoms with Gasteiger partial charge in [-0.2, -0.15) is 0 Å². The number of anilines is 1.